The molecule has 1 aliphatic rings. The number of nitrogens with one attached hydrogen (secondary N) is 3. The lowest BCUT2D eigenvalue weighted by Gasteiger charge is -2.12. The standard InChI is InChI=1S/C15H23N3O6S2/c1-25(20,21)17-8-7-16-15(19)12-4-2-6-14(10-12)26(22,23)18-11-13-5-3-9-24-13/h2,4,6,10,13,17-18H,3,5,7-9,11H2,1H3,(H,16,19). The number of rotatable bonds is 9. The molecule has 1 saturated heterocycles. The van der Waals surface area contributed by atoms with Gasteiger partial charge in [-0.15, -0.1) is 0 Å². The highest BCUT2D eigenvalue weighted by Gasteiger charge is 2.21. The van der Waals surface area contributed by atoms with Crippen molar-refractivity contribution in [1.82, 2.24) is 14.8 Å². The van der Waals surface area contributed by atoms with Crippen LogP contribution in [0, 0.1) is 0 Å². The van der Waals surface area contributed by atoms with Crippen LogP contribution >= 0.6 is 0 Å². The summed E-state index contributed by atoms with van der Waals surface area (Å²) in [7, 11) is -7.08. The molecule has 2 rings (SSSR count). The van der Waals surface area contributed by atoms with E-state index < -0.39 is 26.0 Å². The van der Waals surface area contributed by atoms with E-state index in [2.05, 4.69) is 14.8 Å². The lowest BCUT2D eigenvalue weighted by molar-refractivity contribution is 0.0954. The average molecular weight is 405 g/mol. The highest BCUT2D eigenvalue weighted by atomic mass is 32.2. The van der Waals surface area contributed by atoms with Gasteiger partial charge in [-0.25, -0.2) is 26.3 Å². The maximum absolute atomic E-state index is 12.4. The van der Waals surface area contributed by atoms with Gasteiger partial charge in [-0.3, -0.25) is 4.79 Å². The average Bonchev–Trinajstić information content (AvgIpc) is 3.10. The SMILES string of the molecule is CS(=O)(=O)NCCNC(=O)c1cccc(S(=O)(=O)NCC2CCCO2)c1. The number of carbonyl (C=O) groups is 1. The highest BCUT2D eigenvalue weighted by Crippen LogP contribution is 2.14. The van der Waals surface area contributed by atoms with E-state index in [9.17, 15) is 21.6 Å². The van der Waals surface area contributed by atoms with Crippen molar-refractivity contribution in [3.05, 3.63) is 29.8 Å². The van der Waals surface area contributed by atoms with Crippen LogP contribution in [-0.2, 0) is 24.8 Å². The fraction of sp³-hybridized carbons (Fsp3) is 0.533. The summed E-state index contributed by atoms with van der Waals surface area (Å²) >= 11 is 0. The Morgan fingerprint density at radius 1 is 1.19 bits per heavy atom. The molecular formula is C15H23N3O6S2. The fourth-order valence-electron chi connectivity index (χ4n) is 2.41. The molecule has 1 heterocycles. The third-order valence-corrected chi connectivity index (χ3v) is 5.86. The summed E-state index contributed by atoms with van der Waals surface area (Å²) in [5.41, 5.74) is 0.171. The van der Waals surface area contributed by atoms with Crippen LogP contribution in [0.5, 0.6) is 0 Å². The Morgan fingerprint density at radius 3 is 2.62 bits per heavy atom. The number of benzene rings is 1. The van der Waals surface area contributed by atoms with Gasteiger partial charge < -0.3 is 10.1 Å². The Bertz CT molecular complexity index is 833. The predicted octanol–water partition coefficient (Wildman–Crippen LogP) is -0.577. The van der Waals surface area contributed by atoms with Gasteiger partial charge in [0.15, 0.2) is 0 Å². The highest BCUT2D eigenvalue weighted by molar-refractivity contribution is 7.89. The van der Waals surface area contributed by atoms with E-state index in [1.54, 1.807) is 0 Å². The zero-order valence-electron chi connectivity index (χ0n) is 14.4. The van der Waals surface area contributed by atoms with Crippen molar-refractivity contribution in [2.45, 2.75) is 23.8 Å². The first-order valence-electron chi connectivity index (χ1n) is 8.11. The second-order valence-corrected chi connectivity index (χ2v) is 9.54. The summed E-state index contributed by atoms with van der Waals surface area (Å²) in [5.74, 6) is -0.489. The number of ether oxygens (including phenoxy) is 1. The molecule has 3 N–H and O–H groups in total. The summed E-state index contributed by atoms with van der Waals surface area (Å²) in [6.45, 7) is 0.956. The van der Waals surface area contributed by atoms with Crippen LogP contribution in [0.25, 0.3) is 0 Å². The minimum Gasteiger partial charge on any atom is -0.377 e. The quantitative estimate of drug-likeness (QED) is 0.471. The lowest BCUT2D eigenvalue weighted by Crippen LogP contribution is -2.34. The third kappa shape index (κ3) is 6.65. The van der Waals surface area contributed by atoms with Gasteiger partial charge in [0.2, 0.25) is 20.0 Å². The molecule has 0 saturated carbocycles. The Kier molecular flexibility index (Phi) is 7.12. The van der Waals surface area contributed by atoms with Crippen molar-refractivity contribution in [3.63, 3.8) is 0 Å². The van der Waals surface area contributed by atoms with Gasteiger partial charge in [-0.2, -0.15) is 0 Å². The smallest absolute Gasteiger partial charge is 0.251 e. The molecule has 26 heavy (non-hydrogen) atoms. The van der Waals surface area contributed by atoms with Crippen LogP contribution in [0.4, 0.5) is 0 Å². The molecule has 0 bridgehead atoms. The molecular weight excluding hydrogens is 382 g/mol. The summed E-state index contributed by atoms with van der Waals surface area (Å²) in [6.07, 6.45) is 2.62. The van der Waals surface area contributed by atoms with Crippen LogP contribution < -0.4 is 14.8 Å². The molecule has 0 radical (unpaired) electrons. The Morgan fingerprint density at radius 2 is 1.96 bits per heavy atom. The maximum atomic E-state index is 12.4. The molecule has 11 heteroatoms. The van der Waals surface area contributed by atoms with E-state index >= 15 is 0 Å². The topological polar surface area (TPSA) is 131 Å². The second-order valence-electron chi connectivity index (χ2n) is 5.94. The van der Waals surface area contributed by atoms with E-state index in [-0.39, 0.29) is 36.2 Å². The van der Waals surface area contributed by atoms with Crippen LogP contribution in [0.2, 0.25) is 0 Å². The van der Waals surface area contributed by atoms with Crippen molar-refractivity contribution < 1.29 is 26.4 Å². The molecule has 0 aliphatic carbocycles. The van der Waals surface area contributed by atoms with E-state index in [4.69, 9.17) is 4.74 Å². The van der Waals surface area contributed by atoms with Gasteiger partial charge in [0.25, 0.3) is 5.91 Å². The molecule has 1 amide bonds. The van der Waals surface area contributed by atoms with E-state index in [1.165, 1.54) is 24.3 Å². The van der Waals surface area contributed by atoms with E-state index in [1.807, 2.05) is 0 Å². The zero-order valence-corrected chi connectivity index (χ0v) is 16.0. The van der Waals surface area contributed by atoms with Crippen LogP contribution in [-0.4, -0.2) is 61.3 Å². The first-order valence-corrected chi connectivity index (χ1v) is 11.5. The van der Waals surface area contributed by atoms with Crippen LogP contribution in [0.15, 0.2) is 29.2 Å². The van der Waals surface area contributed by atoms with Crippen molar-refractivity contribution in [2.24, 2.45) is 0 Å². The van der Waals surface area contributed by atoms with Crippen LogP contribution in [0.3, 0.4) is 0 Å². The van der Waals surface area contributed by atoms with Gasteiger partial charge in [-0.1, -0.05) is 6.07 Å². The number of hydrogen-bond acceptors (Lipinski definition) is 6. The molecule has 1 fully saturated rings. The van der Waals surface area contributed by atoms with Gasteiger partial charge >= 0.3 is 0 Å². The zero-order chi connectivity index (χ0) is 19.2. The molecule has 1 atom stereocenters. The summed E-state index contributed by atoms with van der Waals surface area (Å²) in [6, 6.07) is 5.64. The van der Waals surface area contributed by atoms with Gasteiger partial charge in [0, 0.05) is 31.8 Å². The number of hydrogen-bond donors (Lipinski definition) is 3. The molecule has 1 aromatic rings. The first kappa shape index (κ1) is 20.8. The molecule has 1 unspecified atom stereocenters. The Labute approximate surface area is 153 Å². The predicted molar refractivity (Wildman–Crippen MR) is 95.8 cm³/mol. The molecule has 0 aromatic heterocycles. The second kappa shape index (κ2) is 8.91. The first-order chi connectivity index (χ1) is 12.2. The summed E-state index contributed by atoms with van der Waals surface area (Å²) < 4.78 is 56.7. The molecule has 1 aliphatic heterocycles. The number of carbonyl (C=O) groups excluding carboxylic acids is 1. The van der Waals surface area contributed by atoms with E-state index in [0.717, 1.165) is 19.1 Å². The Hall–Kier alpha value is -1.53. The molecule has 0 spiro atoms. The van der Waals surface area contributed by atoms with E-state index in [0.29, 0.717) is 6.61 Å². The molecule has 9 nitrogen and oxygen atoms in total. The Balaban J connectivity index is 1.94. The van der Waals surface area contributed by atoms with Gasteiger partial charge in [-0.05, 0) is 31.0 Å². The van der Waals surface area contributed by atoms with Crippen molar-refractivity contribution in [2.75, 3.05) is 32.5 Å². The molecule has 146 valence electrons. The largest absolute Gasteiger partial charge is 0.377 e. The van der Waals surface area contributed by atoms with Crippen molar-refractivity contribution in [3.8, 4) is 0 Å². The third-order valence-electron chi connectivity index (χ3n) is 3.71. The lowest BCUT2D eigenvalue weighted by atomic mass is 10.2. The molecule has 1 aromatic carbocycles. The minimum absolute atomic E-state index is 0.0163. The number of amides is 1. The summed E-state index contributed by atoms with van der Waals surface area (Å²) in [4.78, 5) is 12.1. The fourth-order valence-corrected chi connectivity index (χ4v) is 3.99. The van der Waals surface area contributed by atoms with Crippen molar-refractivity contribution >= 4 is 26.0 Å². The summed E-state index contributed by atoms with van der Waals surface area (Å²) in [5, 5.41) is 2.53. The van der Waals surface area contributed by atoms with Crippen molar-refractivity contribution in [1.29, 1.82) is 0 Å². The van der Waals surface area contributed by atoms with Gasteiger partial charge in [0.05, 0.1) is 17.3 Å². The normalized spacial score (nSPS) is 18.0. The van der Waals surface area contributed by atoms with Gasteiger partial charge in [0.1, 0.15) is 0 Å². The van der Waals surface area contributed by atoms with Crippen LogP contribution in [0.1, 0.15) is 23.2 Å². The number of sulfonamides is 2. The monoisotopic (exact) mass is 405 g/mol. The maximum Gasteiger partial charge on any atom is 0.251 e. The minimum atomic E-state index is -3.75.